The molecule has 2 amide bonds. The third-order valence-corrected chi connectivity index (χ3v) is 9.68. The van der Waals surface area contributed by atoms with E-state index in [9.17, 15) is 18.4 Å². The van der Waals surface area contributed by atoms with Crippen LogP contribution in [0.5, 0.6) is 11.5 Å². The minimum atomic E-state index is -0.550. The molecule has 1 unspecified atom stereocenters. The van der Waals surface area contributed by atoms with E-state index in [1.165, 1.54) is 31.4 Å². The lowest BCUT2D eigenvalue weighted by Crippen LogP contribution is -2.27. The van der Waals surface area contributed by atoms with Crippen molar-refractivity contribution in [1.29, 1.82) is 0 Å². The number of carbonyl (C=O) groups excluding carboxylic acids is 2. The molecule has 60 heavy (non-hydrogen) atoms. The van der Waals surface area contributed by atoms with Gasteiger partial charge in [0.1, 0.15) is 34.6 Å². The van der Waals surface area contributed by atoms with E-state index in [2.05, 4.69) is 33.8 Å². The fourth-order valence-electron chi connectivity index (χ4n) is 6.76. The standard InChI is InChI=1S/C25H24FN3O3.C23H20FN3O/c1-15(2)32-20-10-8-19(9-11-20)29-16(3)5-6-17-13-22(28-24(17)29)25(30)27-18-7-12-23(31-4)21(26)14-18;1-15-8-9-18-14-21(23(28)25-16(2)17-6-4-3-5-7-17)26-22(18)27(15)20-12-10-19(24)11-13-20/h5-15,28H,3H2,1-2,4H3,(H,27,30);3-14,16,26H,1H2,2H3,(H,25,28). The first kappa shape index (κ1) is 40.6. The predicted octanol–water partition coefficient (Wildman–Crippen LogP) is 11.2. The van der Waals surface area contributed by atoms with Crippen molar-refractivity contribution in [2.45, 2.75) is 32.9 Å². The second-order valence-corrected chi connectivity index (χ2v) is 14.3. The van der Waals surface area contributed by atoms with Gasteiger partial charge in [-0.3, -0.25) is 19.4 Å². The summed E-state index contributed by atoms with van der Waals surface area (Å²) in [6.45, 7) is 14.1. The number of methoxy groups -OCH3 is 1. The van der Waals surface area contributed by atoms with Gasteiger partial charge >= 0.3 is 0 Å². The van der Waals surface area contributed by atoms with Gasteiger partial charge in [0.2, 0.25) is 0 Å². The van der Waals surface area contributed by atoms with Gasteiger partial charge in [0.25, 0.3) is 11.8 Å². The van der Waals surface area contributed by atoms with Crippen LogP contribution in [0.25, 0.3) is 12.2 Å². The number of aromatic amines is 2. The van der Waals surface area contributed by atoms with Gasteiger partial charge in [0.05, 0.1) is 19.3 Å². The van der Waals surface area contributed by atoms with E-state index in [0.717, 1.165) is 56.8 Å². The minimum absolute atomic E-state index is 0.0870. The van der Waals surface area contributed by atoms with Crippen molar-refractivity contribution < 1.29 is 27.8 Å². The molecule has 12 heteroatoms. The number of hydrogen-bond donors (Lipinski definition) is 4. The van der Waals surface area contributed by atoms with Gasteiger partial charge in [-0.2, -0.15) is 0 Å². The number of carbonyl (C=O) groups is 2. The molecule has 4 aromatic carbocycles. The lowest BCUT2D eigenvalue weighted by molar-refractivity contribution is 0.0934. The van der Waals surface area contributed by atoms with Gasteiger partial charge in [-0.05, 0) is 123 Å². The van der Waals surface area contributed by atoms with E-state index < -0.39 is 5.82 Å². The van der Waals surface area contributed by atoms with Gasteiger partial charge in [-0.1, -0.05) is 43.5 Å². The molecule has 0 bridgehead atoms. The van der Waals surface area contributed by atoms with Gasteiger partial charge in [-0.25, -0.2) is 8.78 Å². The summed E-state index contributed by atoms with van der Waals surface area (Å²) in [5, 5.41) is 5.71. The van der Waals surface area contributed by atoms with Crippen LogP contribution in [-0.2, 0) is 0 Å². The summed E-state index contributed by atoms with van der Waals surface area (Å²) in [4.78, 5) is 35.7. The summed E-state index contributed by atoms with van der Waals surface area (Å²) in [5.74, 6) is 0.919. The zero-order valence-electron chi connectivity index (χ0n) is 33.6. The number of aromatic nitrogens is 2. The highest BCUT2D eigenvalue weighted by atomic mass is 19.1. The Balaban J connectivity index is 0.000000183. The van der Waals surface area contributed by atoms with Crippen LogP contribution in [0.4, 0.5) is 37.5 Å². The monoisotopic (exact) mass is 806 g/mol. The Labute approximate surface area is 347 Å². The van der Waals surface area contributed by atoms with Crippen molar-refractivity contribution in [3.63, 3.8) is 0 Å². The van der Waals surface area contributed by atoms with E-state index in [1.54, 1.807) is 24.3 Å². The van der Waals surface area contributed by atoms with Crippen molar-refractivity contribution in [3.05, 3.63) is 186 Å². The van der Waals surface area contributed by atoms with Crippen molar-refractivity contribution in [1.82, 2.24) is 15.3 Å². The van der Waals surface area contributed by atoms with Crippen LogP contribution in [0.15, 0.2) is 146 Å². The lowest BCUT2D eigenvalue weighted by Gasteiger charge is -2.27. The highest BCUT2D eigenvalue weighted by molar-refractivity contribution is 6.04. The molecule has 2 aliphatic rings. The maximum Gasteiger partial charge on any atom is 0.272 e. The molecule has 304 valence electrons. The third kappa shape index (κ3) is 8.92. The van der Waals surface area contributed by atoms with E-state index >= 15 is 0 Å². The zero-order chi connectivity index (χ0) is 42.5. The summed E-state index contributed by atoms with van der Waals surface area (Å²) in [6.07, 6.45) is 7.64. The molecule has 0 radical (unpaired) electrons. The Hall–Kier alpha value is -7.60. The van der Waals surface area contributed by atoms with Crippen LogP contribution >= 0.6 is 0 Å². The fourth-order valence-corrected chi connectivity index (χ4v) is 6.76. The summed E-state index contributed by atoms with van der Waals surface area (Å²) < 4.78 is 37.9. The number of allylic oxidation sites excluding steroid dienone is 2. The van der Waals surface area contributed by atoms with E-state index in [0.29, 0.717) is 17.1 Å². The number of H-pyrrole nitrogens is 2. The minimum Gasteiger partial charge on any atom is -0.494 e. The van der Waals surface area contributed by atoms with E-state index in [-0.39, 0.29) is 35.5 Å². The quantitative estimate of drug-likeness (QED) is 0.110. The summed E-state index contributed by atoms with van der Waals surface area (Å²) in [7, 11) is 1.39. The molecule has 6 aromatic rings. The molecule has 4 N–H and O–H groups in total. The Morgan fingerprint density at radius 1 is 0.683 bits per heavy atom. The number of rotatable bonds is 10. The first-order chi connectivity index (χ1) is 28.9. The zero-order valence-corrected chi connectivity index (χ0v) is 33.6. The molecule has 0 fully saturated rings. The maximum atomic E-state index is 14.0. The van der Waals surface area contributed by atoms with Crippen molar-refractivity contribution in [2.24, 2.45) is 0 Å². The Morgan fingerprint density at radius 2 is 1.23 bits per heavy atom. The van der Waals surface area contributed by atoms with Crippen LogP contribution in [0.3, 0.4) is 0 Å². The van der Waals surface area contributed by atoms with Gasteiger partial charge in [0, 0.05) is 45.6 Å². The van der Waals surface area contributed by atoms with Crippen LogP contribution in [-0.4, -0.2) is 35.0 Å². The normalized spacial score (nSPS) is 13.2. The molecule has 10 nitrogen and oxygen atoms in total. The van der Waals surface area contributed by atoms with E-state index in [1.807, 2.05) is 116 Å². The first-order valence-corrected chi connectivity index (χ1v) is 19.2. The molecule has 0 saturated heterocycles. The SMILES string of the molecule is C=C1C=Cc2cc(C(=O)NC(C)c3ccccc3)[nH]c2N1c1ccc(F)cc1.C=C1C=Cc2cc(C(=O)Nc3ccc(OC)c(F)c3)[nH]c2N1c1ccc(OC(C)C)cc1. The van der Waals surface area contributed by atoms with Crippen molar-refractivity contribution >= 4 is 52.7 Å². The smallest absolute Gasteiger partial charge is 0.272 e. The molecular formula is C48H44F2N6O4. The molecule has 2 aliphatic heterocycles. The van der Waals surface area contributed by atoms with Crippen molar-refractivity contribution in [3.8, 4) is 11.5 Å². The molecule has 1 atom stereocenters. The third-order valence-electron chi connectivity index (χ3n) is 9.68. The number of hydrogen-bond acceptors (Lipinski definition) is 6. The highest BCUT2D eigenvalue weighted by Gasteiger charge is 2.25. The topological polar surface area (TPSA) is 115 Å². The Bertz CT molecular complexity index is 2610. The maximum absolute atomic E-state index is 14.0. The number of anilines is 5. The molecule has 2 aromatic heterocycles. The number of halogens is 2. The highest BCUT2D eigenvalue weighted by Crippen LogP contribution is 2.39. The van der Waals surface area contributed by atoms with E-state index in [4.69, 9.17) is 9.47 Å². The fraction of sp³-hybridized carbons (Fsp3) is 0.125. The summed E-state index contributed by atoms with van der Waals surface area (Å²) in [5.41, 5.74) is 7.00. The lowest BCUT2D eigenvalue weighted by atomic mass is 10.1. The Morgan fingerprint density at radius 3 is 1.77 bits per heavy atom. The number of amides is 2. The van der Waals surface area contributed by atoms with Gasteiger partial charge in [-0.15, -0.1) is 0 Å². The first-order valence-electron chi connectivity index (χ1n) is 19.2. The average molecular weight is 807 g/mol. The molecule has 4 heterocycles. The average Bonchev–Trinajstić information content (AvgIpc) is 3.88. The number of nitrogens with one attached hydrogen (secondary N) is 4. The Kier molecular flexibility index (Phi) is 11.8. The molecule has 0 aliphatic carbocycles. The number of fused-ring (bicyclic) bond motifs is 2. The number of nitrogens with zero attached hydrogens (tertiary/aromatic N) is 2. The van der Waals surface area contributed by atoms with Crippen molar-refractivity contribution in [2.75, 3.05) is 22.2 Å². The van der Waals surface area contributed by atoms with Crippen LogP contribution in [0.1, 0.15) is 64.5 Å². The largest absolute Gasteiger partial charge is 0.494 e. The van der Waals surface area contributed by atoms with Crippen LogP contribution < -0.4 is 29.9 Å². The van der Waals surface area contributed by atoms with Gasteiger partial charge < -0.3 is 30.1 Å². The molecular weight excluding hydrogens is 763 g/mol. The second kappa shape index (κ2) is 17.5. The predicted molar refractivity (Wildman–Crippen MR) is 234 cm³/mol. The summed E-state index contributed by atoms with van der Waals surface area (Å²) in [6, 6.07) is 31.3. The van der Waals surface area contributed by atoms with Gasteiger partial charge in [0.15, 0.2) is 11.6 Å². The summed E-state index contributed by atoms with van der Waals surface area (Å²) >= 11 is 0. The van der Waals surface area contributed by atoms with Crippen LogP contribution in [0.2, 0.25) is 0 Å². The molecule has 0 saturated carbocycles. The second-order valence-electron chi connectivity index (χ2n) is 14.3. The molecule has 8 rings (SSSR count). The molecule has 0 spiro atoms. The number of benzene rings is 4. The van der Waals surface area contributed by atoms with Crippen LogP contribution in [0, 0.1) is 11.6 Å². The number of ether oxygens (including phenoxy) is 2.